The second-order valence-corrected chi connectivity index (χ2v) is 10.4. The van der Waals surface area contributed by atoms with E-state index in [4.69, 9.17) is 4.99 Å². The van der Waals surface area contributed by atoms with E-state index >= 15 is 0 Å². The van der Waals surface area contributed by atoms with Crippen LogP contribution in [-0.2, 0) is 7.05 Å². The number of aryl methyl sites for hydroxylation is 2. The van der Waals surface area contributed by atoms with Crippen molar-refractivity contribution in [1.82, 2.24) is 19.2 Å². The zero-order valence-corrected chi connectivity index (χ0v) is 20.3. The average Bonchev–Trinajstić information content (AvgIpc) is 3.22. The molecule has 8 nitrogen and oxygen atoms in total. The van der Waals surface area contributed by atoms with Crippen molar-refractivity contribution in [3.63, 3.8) is 0 Å². The number of rotatable bonds is 4. The molecule has 1 saturated carbocycles. The number of carbonyl (C=O) groups is 1. The largest absolute Gasteiger partial charge is 0.365 e. The zero-order chi connectivity index (χ0) is 24.5. The summed E-state index contributed by atoms with van der Waals surface area (Å²) in [4.78, 5) is 24.7. The summed E-state index contributed by atoms with van der Waals surface area (Å²) in [5.74, 6) is -0.828. The van der Waals surface area contributed by atoms with Gasteiger partial charge in [0.1, 0.15) is 5.52 Å². The Hall–Kier alpha value is -3.75. The third-order valence-electron chi connectivity index (χ3n) is 7.08. The van der Waals surface area contributed by atoms with E-state index in [0.717, 1.165) is 37.0 Å². The van der Waals surface area contributed by atoms with Crippen LogP contribution >= 0.6 is 0 Å². The Bertz CT molecular complexity index is 1530. The van der Waals surface area contributed by atoms with E-state index < -0.39 is 5.82 Å². The van der Waals surface area contributed by atoms with E-state index in [2.05, 4.69) is 34.1 Å². The highest BCUT2D eigenvalue weighted by atomic mass is 19.1. The summed E-state index contributed by atoms with van der Waals surface area (Å²) < 4.78 is 17.8. The van der Waals surface area contributed by atoms with Gasteiger partial charge in [-0.05, 0) is 30.9 Å². The van der Waals surface area contributed by atoms with E-state index in [-0.39, 0.29) is 11.6 Å². The summed E-state index contributed by atoms with van der Waals surface area (Å²) in [6.07, 6.45) is 7.44. The number of carbonyl (C=O) groups excluding carboxylic acids is 1. The normalized spacial score (nSPS) is 20.3. The maximum Gasteiger partial charge on any atom is 0.257 e. The molecule has 3 aromatic heterocycles. The van der Waals surface area contributed by atoms with Crippen LogP contribution in [-0.4, -0.2) is 49.9 Å². The summed E-state index contributed by atoms with van der Waals surface area (Å²) in [6.45, 7) is 8.02. The lowest BCUT2D eigenvalue weighted by atomic mass is 10.1. The number of aliphatic imine (C=N–C) groups is 1. The number of amides is 1. The van der Waals surface area contributed by atoms with Crippen LogP contribution in [0.2, 0.25) is 0 Å². The van der Waals surface area contributed by atoms with Crippen molar-refractivity contribution in [2.45, 2.75) is 39.7 Å². The average molecular weight is 474 g/mol. The van der Waals surface area contributed by atoms with Gasteiger partial charge in [0.05, 0.1) is 29.5 Å². The first-order valence-corrected chi connectivity index (χ1v) is 11.9. The first kappa shape index (κ1) is 21.8. The van der Waals surface area contributed by atoms with Gasteiger partial charge in [-0.25, -0.2) is 9.37 Å². The fraction of sp³-hybridized carbons (Fsp3) is 0.385. The maximum atomic E-state index is 14.5. The molecule has 35 heavy (non-hydrogen) atoms. The summed E-state index contributed by atoms with van der Waals surface area (Å²) in [7, 11) is 1.85. The monoisotopic (exact) mass is 473 g/mol. The maximum absolute atomic E-state index is 14.5. The highest BCUT2D eigenvalue weighted by molar-refractivity contribution is 6.14. The van der Waals surface area contributed by atoms with Crippen LogP contribution in [0.15, 0.2) is 41.8 Å². The Morgan fingerprint density at radius 3 is 2.83 bits per heavy atom. The number of imidazole rings is 1. The number of nitrogens with zero attached hydrogens (tertiary/aromatic N) is 6. The highest BCUT2D eigenvalue weighted by Gasteiger charge is 2.46. The van der Waals surface area contributed by atoms with Crippen molar-refractivity contribution < 1.29 is 9.18 Å². The quantitative estimate of drug-likeness (QED) is 0.477. The number of halogens is 1. The van der Waals surface area contributed by atoms with Gasteiger partial charge < -0.3 is 14.6 Å². The molecule has 4 aromatic rings. The molecular formula is C26H28FN7O. The molecule has 1 atom stereocenters. The SMILES string of the molecule is Cc1cn2cc(NC(=O)c3ccc(N4CCC(=NC5CC5(C)C)C4)c4cn(C)nc34)cc(F)c2n1. The van der Waals surface area contributed by atoms with Crippen molar-refractivity contribution >= 4 is 39.5 Å². The van der Waals surface area contributed by atoms with Gasteiger partial charge in [-0.1, -0.05) is 13.8 Å². The van der Waals surface area contributed by atoms with E-state index in [1.807, 2.05) is 19.3 Å². The number of anilines is 2. The first-order chi connectivity index (χ1) is 16.7. The first-order valence-electron chi connectivity index (χ1n) is 11.9. The minimum atomic E-state index is -0.490. The molecule has 4 heterocycles. The molecule has 1 N–H and O–H groups in total. The summed E-state index contributed by atoms with van der Waals surface area (Å²) >= 11 is 0. The predicted molar refractivity (Wildman–Crippen MR) is 135 cm³/mol. The Morgan fingerprint density at radius 1 is 1.26 bits per heavy atom. The molecule has 2 aliphatic rings. The van der Waals surface area contributed by atoms with Crippen LogP contribution in [0.1, 0.15) is 42.7 Å². The van der Waals surface area contributed by atoms with E-state index in [1.165, 1.54) is 11.8 Å². The Kier molecular flexibility index (Phi) is 4.74. The minimum absolute atomic E-state index is 0.232. The Labute approximate surface area is 202 Å². The molecule has 6 rings (SSSR count). The zero-order valence-electron chi connectivity index (χ0n) is 20.3. The fourth-order valence-corrected chi connectivity index (χ4v) is 4.94. The number of hydrogen-bond donors (Lipinski definition) is 1. The second kappa shape index (κ2) is 7.63. The lowest BCUT2D eigenvalue weighted by Crippen LogP contribution is -2.20. The molecule has 1 aromatic carbocycles. The van der Waals surface area contributed by atoms with Crippen molar-refractivity contribution in [1.29, 1.82) is 0 Å². The van der Waals surface area contributed by atoms with Crippen LogP contribution in [0.4, 0.5) is 15.8 Å². The number of benzene rings is 1. The molecule has 1 aliphatic carbocycles. The van der Waals surface area contributed by atoms with Gasteiger partial charge in [0.25, 0.3) is 5.91 Å². The summed E-state index contributed by atoms with van der Waals surface area (Å²) in [5.41, 5.74) is 4.98. The Morgan fingerprint density at radius 2 is 2.06 bits per heavy atom. The topological polar surface area (TPSA) is 79.8 Å². The molecule has 180 valence electrons. The van der Waals surface area contributed by atoms with Crippen LogP contribution in [0, 0.1) is 18.2 Å². The van der Waals surface area contributed by atoms with Gasteiger partial charge in [0.15, 0.2) is 11.5 Å². The molecule has 1 unspecified atom stereocenters. The van der Waals surface area contributed by atoms with Crippen molar-refractivity contribution in [3.8, 4) is 0 Å². The third kappa shape index (κ3) is 3.84. The van der Waals surface area contributed by atoms with Crippen molar-refractivity contribution in [3.05, 3.63) is 53.9 Å². The van der Waals surface area contributed by atoms with Crippen molar-refractivity contribution in [2.75, 3.05) is 23.3 Å². The van der Waals surface area contributed by atoms with Gasteiger partial charge in [-0.15, -0.1) is 0 Å². The predicted octanol–water partition coefficient (Wildman–Crippen LogP) is 4.37. The van der Waals surface area contributed by atoms with Crippen LogP contribution in [0.5, 0.6) is 0 Å². The van der Waals surface area contributed by atoms with Crippen LogP contribution in [0.25, 0.3) is 16.6 Å². The molecule has 1 amide bonds. The van der Waals surface area contributed by atoms with Gasteiger partial charge in [0, 0.05) is 61.5 Å². The van der Waals surface area contributed by atoms with Gasteiger partial charge in [-0.2, -0.15) is 5.10 Å². The number of hydrogen-bond acceptors (Lipinski definition) is 5. The Balaban J connectivity index is 1.29. The third-order valence-corrected chi connectivity index (χ3v) is 7.08. The lowest BCUT2D eigenvalue weighted by molar-refractivity contribution is 0.102. The number of pyridine rings is 1. The summed E-state index contributed by atoms with van der Waals surface area (Å²) in [5, 5.41) is 8.33. The van der Waals surface area contributed by atoms with E-state index in [9.17, 15) is 9.18 Å². The lowest BCUT2D eigenvalue weighted by Gasteiger charge is -2.19. The standard InChI is InChI=1S/C26H28FN7O/c1-15-11-34-13-17(9-20(27)24(34)28-15)30-25(35)18-5-6-21(19-14-32(4)31-23(18)19)33-8-7-16(12-33)29-22-10-26(22,2)3/h5-6,9,11,13-14,22H,7-8,10,12H2,1-4H3,(H,30,35). The molecule has 9 heteroatoms. The minimum Gasteiger partial charge on any atom is -0.365 e. The van der Waals surface area contributed by atoms with Gasteiger partial charge >= 0.3 is 0 Å². The van der Waals surface area contributed by atoms with Crippen LogP contribution < -0.4 is 10.2 Å². The van der Waals surface area contributed by atoms with Gasteiger partial charge in [-0.3, -0.25) is 14.5 Å². The molecule has 0 bridgehead atoms. The van der Waals surface area contributed by atoms with Crippen molar-refractivity contribution in [2.24, 2.45) is 17.5 Å². The van der Waals surface area contributed by atoms with Gasteiger partial charge in [0.2, 0.25) is 0 Å². The fourth-order valence-electron chi connectivity index (χ4n) is 4.94. The highest BCUT2D eigenvalue weighted by Crippen LogP contribution is 2.47. The molecule has 1 aliphatic heterocycles. The number of fused-ring (bicyclic) bond motifs is 2. The smallest absolute Gasteiger partial charge is 0.257 e. The number of nitrogens with one attached hydrogen (secondary N) is 1. The summed E-state index contributed by atoms with van der Waals surface area (Å²) in [6, 6.07) is 5.51. The van der Waals surface area contributed by atoms with E-state index in [0.29, 0.717) is 33.9 Å². The second-order valence-electron chi connectivity index (χ2n) is 10.4. The molecule has 1 saturated heterocycles. The molecule has 0 spiro atoms. The van der Waals surface area contributed by atoms with Crippen LogP contribution in [0.3, 0.4) is 0 Å². The molecule has 2 fully saturated rings. The van der Waals surface area contributed by atoms with E-state index in [1.54, 1.807) is 34.5 Å². The molecule has 0 radical (unpaired) electrons. The number of aromatic nitrogens is 4. The molecular weight excluding hydrogens is 445 g/mol.